The maximum atomic E-state index is 13.5. The van der Waals surface area contributed by atoms with E-state index in [0.717, 1.165) is 0 Å². The Hall–Kier alpha value is -1.62. The fraction of sp³-hybridized carbons (Fsp3) is 0.364. The van der Waals surface area contributed by atoms with Gasteiger partial charge >= 0.3 is 5.97 Å². The molecule has 0 fully saturated rings. The van der Waals surface area contributed by atoms with Crippen LogP contribution in [-0.4, -0.2) is 51.0 Å². The minimum absolute atomic E-state index is 0.000778. The number of benzene rings is 1. The lowest BCUT2D eigenvalue weighted by atomic mass is 10.2. The second kappa shape index (κ2) is 7.41. The van der Waals surface area contributed by atoms with Crippen LogP contribution in [0.3, 0.4) is 0 Å². The van der Waals surface area contributed by atoms with Crippen LogP contribution in [0.4, 0.5) is 8.78 Å². The molecular formula is C11H13F2NO6S. The fourth-order valence-corrected chi connectivity index (χ4v) is 2.50. The van der Waals surface area contributed by atoms with Crippen LogP contribution in [-0.2, 0) is 14.8 Å². The zero-order valence-corrected chi connectivity index (χ0v) is 11.5. The minimum Gasteiger partial charge on any atom is -0.478 e. The molecule has 0 saturated carbocycles. The summed E-state index contributed by atoms with van der Waals surface area (Å²) in [6.07, 6.45) is 0. The van der Waals surface area contributed by atoms with E-state index in [4.69, 9.17) is 14.9 Å². The first-order valence-corrected chi connectivity index (χ1v) is 7.18. The van der Waals surface area contributed by atoms with E-state index in [9.17, 15) is 22.0 Å². The standard InChI is InChI=1S/C11H13F2NO6S/c12-8-5-7(11(16)17)6-9(10(8)13)21(18,19)14-1-3-20-4-2-15/h5-6,14-15H,1-4H2,(H,16,17). The van der Waals surface area contributed by atoms with Gasteiger partial charge in [-0.3, -0.25) is 0 Å². The van der Waals surface area contributed by atoms with Crippen LogP contribution >= 0.6 is 0 Å². The molecule has 0 aromatic heterocycles. The summed E-state index contributed by atoms with van der Waals surface area (Å²) in [6, 6.07) is 0.915. The Morgan fingerprint density at radius 3 is 2.52 bits per heavy atom. The molecule has 1 aromatic carbocycles. The van der Waals surface area contributed by atoms with Crippen molar-refractivity contribution < 1.29 is 36.9 Å². The van der Waals surface area contributed by atoms with Gasteiger partial charge in [-0.05, 0) is 12.1 Å². The molecule has 0 atom stereocenters. The van der Waals surface area contributed by atoms with Crippen molar-refractivity contribution in [3.63, 3.8) is 0 Å². The Labute approximate surface area is 119 Å². The summed E-state index contributed by atoms with van der Waals surface area (Å²) >= 11 is 0. The summed E-state index contributed by atoms with van der Waals surface area (Å²) in [5, 5.41) is 17.2. The highest BCUT2D eigenvalue weighted by molar-refractivity contribution is 7.89. The van der Waals surface area contributed by atoms with Gasteiger partial charge in [0.25, 0.3) is 0 Å². The molecule has 10 heteroatoms. The lowest BCUT2D eigenvalue weighted by Crippen LogP contribution is -2.29. The van der Waals surface area contributed by atoms with Gasteiger partial charge in [0.05, 0.1) is 25.4 Å². The van der Waals surface area contributed by atoms with Crippen molar-refractivity contribution in [1.82, 2.24) is 4.72 Å². The maximum absolute atomic E-state index is 13.5. The van der Waals surface area contributed by atoms with E-state index in [1.54, 1.807) is 0 Å². The predicted molar refractivity (Wildman–Crippen MR) is 66.4 cm³/mol. The summed E-state index contributed by atoms with van der Waals surface area (Å²) in [7, 11) is -4.43. The highest BCUT2D eigenvalue weighted by Crippen LogP contribution is 2.19. The Bertz CT molecular complexity index is 619. The third-order valence-electron chi connectivity index (χ3n) is 2.31. The minimum atomic E-state index is -4.43. The molecule has 0 amide bonds. The van der Waals surface area contributed by atoms with E-state index in [-0.39, 0.29) is 26.4 Å². The molecule has 0 heterocycles. The lowest BCUT2D eigenvalue weighted by Gasteiger charge is -2.09. The van der Waals surface area contributed by atoms with Crippen molar-refractivity contribution >= 4 is 16.0 Å². The molecule has 0 unspecified atom stereocenters. The van der Waals surface area contributed by atoms with Crippen LogP contribution in [0.1, 0.15) is 10.4 Å². The van der Waals surface area contributed by atoms with Crippen molar-refractivity contribution in [2.75, 3.05) is 26.4 Å². The van der Waals surface area contributed by atoms with E-state index >= 15 is 0 Å². The van der Waals surface area contributed by atoms with Crippen molar-refractivity contribution in [2.45, 2.75) is 4.90 Å². The molecule has 0 saturated heterocycles. The first-order valence-electron chi connectivity index (χ1n) is 5.70. The van der Waals surface area contributed by atoms with Crippen LogP contribution in [0.15, 0.2) is 17.0 Å². The number of halogens is 2. The lowest BCUT2D eigenvalue weighted by molar-refractivity contribution is 0.0696. The number of rotatable bonds is 8. The number of aliphatic hydroxyl groups excluding tert-OH is 1. The smallest absolute Gasteiger partial charge is 0.335 e. The van der Waals surface area contributed by atoms with Gasteiger partial charge in [0.2, 0.25) is 10.0 Å². The average Bonchev–Trinajstić information content (AvgIpc) is 2.40. The molecule has 118 valence electrons. The second-order valence-electron chi connectivity index (χ2n) is 3.81. The summed E-state index contributed by atoms with van der Waals surface area (Å²) in [5.74, 6) is -4.83. The largest absolute Gasteiger partial charge is 0.478 e. The number of carboxylic acid groups (broad SMARTS) is 1. The van der Waals surface area contributed by atoms with Gasteiger partial charge in [-0.2, -0.15) is 0 Å². The van der Waals surface area contributed by atoms with Crippen LogP contribution < -0.4 is 4.72 Å². The quantitative estimate of drug-likeness (QED) is 0.578. The Morgan fingerprint density at radius 1 is 1.29 bits per heavy atom. The van der Waals surface area contributed by atoms with Gasteiger partial charge in [0.1, 0.15) is 4.90 Å². The van der Waals surface area contributed by atoms with Crippen LogP contribution in [0.2, 0.25) is 0 Å². The molecule has 0 aliphatic carbocycles. The highest BCUT2D eigenvalue weighted by atomic mass is 32.2. The van der Waals surface area contributed by atoms with Crippen LogP contribution in [0, 0.1) is 11.6 Å². The van der Waals surface area contributed by atoms with Crippen molar-refractivity contribution in [3.8, 4) is 0 Å². The zero-order chi connectivity index (χ0) is 16.0. The first kappa shape index (κ1) is 17.4. The zero-order valence-electron chi connectivity index (χ0n) is 10.7. The number of carbonyl (C=O) groups is 1. The molecular weight excluding hydrogens is 312 g/mol. The van der Waals surface area contributed by atoms with Gasteiger partial charge in [0, 0.05) is 6.54 Å². The van der Waals surface area contributed by atoms with Crippen molar-refractivity contribution in [1.29, 1.82) is 0 Å². The normalized spacial score (nSPS) is 11.6. The number of aliphatic hydroxyl groups is 1. The molecule has 0 bridgehead atoms. The predicted octanol–water partition coefficient (Wildman–Crippen LogP) is -0.0498. The van der Waals surface area contributed by atoms with Gasteiger partial charge < -0.3 is 14.9 Å². The topological polar surface area (TPSA) is 113 Å². The van der Waals surface area contributed by atoms with Gasteiger partial charge in [0.15, 0.2) is 11.6 Å². The summed E-state index contributed by atoms with van der Waals surface area (Å²) in [6.45, 7) is -0.588. The molecule has 3 N–H and O–H groups in total. The average molecular weight is 325 g/mol. The third kappa shape index (κ3) is 4.70. The molecule has 0 spiro atoms. The fourth-order valence-electron chi connectivity index (χ4n) is 1.38. The summed E-state index contributed by atoms with van der Waals surface area (Å²) in [4.78, 5) is 9.63. The van der Waals surface area contributed by atoms with Gasteiger partial charge in [-0.1, -0.05) is 0 Å². The molecule has 1 rings (SSSR count). The van der Waals surface area contributed by atoms with E-state index in [1.165, 1.54) is 0 Å². The number of nitrogens with one attached hydrogen (secondary N) is 1. The number of hydrogen-bond donors (Lipinski definition) is 3. The molecule has 21 heavy (non-hydrogen) atoms. The van der Waals surface area contributed by atoms with Gasteiger partial charge in [-0.25, -0.2) is 26.7 Å². The first-order chi connectivity index (χ1) is 9.79. The second-order valence-corrected chi connectivity index (χ2v) is 5.54. The van der Waals surface area contributed by atoms with Crippen molar-refractivity contribution in [3.05, 3.63) is 29.3 Å². The number of carboxylic acids is 1. The summed E-state index contributed by atoms with van der Waals surface area (Å²) in [5.41, 5.74) is -0.689. The molecule has 7 nitrogen and oxygen atoms in total. The molecule has 1 aromatic rings. The molecule has 0 aliphatic heterocycles. The Kier molecular flexibility index (Phi) is 6.15. The number of hydrogen-bond acceptors (Lipinski definition) is 5. The van der Waals surface area contributed by atoms with Crippen LogP contribution in [0.5, 0.6) is 0 Å². The Morgan fingerprint density at radius 2 is 1.95 bits per heavy atom. The van der Waals surface area contributed by atoms with Crippen LogP contribution in [0.25, 0.3) is 0 Å². The number of sulfonamides is 1. The van der Waals surface area contributed by atoms with Gasteiger partial charge in [-0.15, -0.1) is 0 Å². The van der Waals surface area contributed by atoms with E-state index < -0.39 is 38.1 Å². The number of aromatic carboxylic acids is 1. The maximum Gasteiger partial charge on any atom is 0.335 e. The molecule has 0 radical (unpaired) electrons. The third-order valence-corrected chi connectivity index (χ3v) is 3.77. The van der Waals surface area contributed by atoms with Crippen molar-refractivity contribution in [2.24, 2.45) is 0 Å². The SMILES string of the molecule is O=C(O)c1cc(F)c(F)c(S(=O)(=O)NCCOCCO)c1. The summed E-state index contributed by atoms with van der Waals surface area (Å²) < 4.78 is 57.1. The monoisotopic (exact) mass is 325 g/mol. The van der Waals surface area contributed by atoms with E-state index in [1.807, 2.05) is 4.72 Å². The Balaban J connectivity index is 2.94. The number of ether oxygens (including phenoxy) is 1. The molecule has 0 aliphatic rings. The highest BCUT2D eigenvalue weighted by Gasteiger charge is 2.24. The van der Waals surface area contributed by atoms with E-state index in [0.29, 0.717) is 12.1 Å². The van der Waals surface area contributed by atoms with E-state index in [2.05, 4.69) is 0 Å².